The van der Waals surface area contributed by atoms with E-state index >= 15 is 0 Å². The molecule has 0 unspecified atom stereocenters. The van der Waals surface area contributed by atoms with Gasteiger partial charge in [0.1, 0.15) is 11.9 Å². The lowest BCUT2D eigenvalue weighted by atomic mass is 10.1. The number of ether oxygens (including phenoxy) is 1. The molecule has 6 nitrogen and oxygen atoms in total. The number of phenolic OH excluding ortho intramolecular Hbond substituents is 1. The second kappa shape index (κ2) is 7.86. The van der Waals surface area contributed by atoms with Crippen LogP contribution in [0.15, 0.2) is 54.7 Å². The molecular formula is C22H23N3O3. The minimum atomic E-state index is -0.274. The van der Waals surface area contributed by atoms with Crippen LogP contribution in [0.4, 0.5) is 0 Å². The quantitative estimate of drug-likeness (QED) is 0.717. The molecule has 2 heterocycles. The lowest BCUT2D eigenvalue weighted by molar-refractivity contribution is 0.0383. The molecule has 0 fully saturated rings. The van der Waals surface area contributed by atoms with Crippen molar-refractivity contribution in [2.75, 3.05) is 13.2 Å². The number of aromatic nitrogens is 2. The molecule has 0 saturated heterocycles. The van der Waals surface area contributed by atoms with Gasteiger partial charge in [-0.2, -0.15) is 5.10 Å². The fourth-order valence-corrected chi connectivity index (χ4v) is 3.38. The number of aryl methyl sites for hydroxylation is 1. The van der Waals surface area contributed by atoms with Crippen LogP contribution in [0.2, 0.25) is 0 Å². The third-order valence-electron chi connectivity index (χ3n) is 4.97. The predicted molar refractivity (Wildman–Crippen MR) is 105 cm³/mol. The molecule has 2 aromatic carbocycles. The van der Waals surface area contributed by atoms with Crippen LogP contribution in [0.25, 0.3) is 0 Å². The summed E-state index contributed by atoms with van der Waals surface area (Å²) in [6.07, 6.45) is 2.61. The van der Waals surface area contributed by atoms with Gasteiger partial charge < -0.3 is 15.2 Å². The van der Waals surface area contributed by atoms with Gasteiger partial charge in [0.15, 0.2) is 0 Å². The molecule has 4 rings (SSSR count). The molecule has 1 amide bonds. The van der Waals surface area contributed by atoms with Gasteiger partial charge in [0.2, 0.25) is 0 Å². The van der Waals surface area contributed by atoms with E-state index in [4.69, 9.17) is 9.84 Å². The molecule has 0 saturated carbocycles. The Labute approximate surface area is 163 Å². The van der Waals surface area contributed by atoms with E-state index in [-0.39, 0.29) is 17.8 Å². The van der Waals surface area contributed by atoms with Crippen LogP contribution in [0.1, 0.15) is 38.8 Å². The Balaban J connectivity index is 1.44. The molecule has 1 atom stereocenters. The number of hydrogen-bond donors (Lipinski definition) is 2. The molecular weight excluding hydrogens is 354 g/mol. The van der Waals surface area contributed by atoms with E-state index in [0.29, 0.717) is 25.3 Å². The highest BCUT2D eigenvalue weighted by atomic mass is 16.5. The van der Waals surface area contributed by atoms with Crippen molar-refractivity contribution < 1.29 is 14.6 Å². The van der Waals surface area contributed by atoms with Crippen molar-refractivity contribution >= 4 is 5.91 Å². The standard InChI is InChI=1S/C22H23N3O3/c1-15-7-8-17(11-19(15)26)22(27)23-12-20-21-18(9-10-28-20)14-25(24-21)13-16-5-3-2-4-6-16/h2-8,11,14,20,26H,9-10,12-13H2,1H3,(H,23,27)/t20-/m1/s1. The van der Waals surface area contributed by atoms with Gasteiger partial charge in [0, 0.05) is 18.3 Å². The first-order chi connectivity index (χ1) is 13.6. The predicted octanol–water partition coefficient (Wildman–Crippen LogP) is 2.99. The molecule has 3 aromatic rings. The van der Waals surface area contributed by atoms with Gasteiger partial charge in [-0.3, -0.25) is 9.48 Å². The molecule has 0 radical (unpaired) electrons. The summed E-state index contributed by atoms with van der Waals surface area (Å²) in [7, 11) is 0. The highest BCUT2D eigenvalue weighted by Crippen LogP contribution is 2.26. The van der Waals surface area contributed by atoms with E-state index < -0.39 is 0 Å². The van der Waals surface area contributed by atoms with Crippen LogP contribution < -0.4 is 5.32 Å². The summed E-state index contributed by atoms with van der Waals surface area (Å²) in [5, 5.41) is 17.4. The number of nitrogens with one attached hydrogen (secondary N) is 1. The summed E-state index contributed by atoms with van der Waals surface area (Å²) >= 11 is 0. The van der Waals surface area contributed by atoms with E-state index in [2.05, 4.69) is 23.6 Å². The molecule has 28 heavy (non-hydrogen) atoms. The number of amides is 1. The summed E-state index contributed by atoms with van der Waals surface area (Å²) in [6.45, 7) is 3.44. The topological polar surface area (TPSA) is 76.4 Å². The van der Waals surface area contributed by atoms with Crippen LogP contribution in [0.5, 0.6) is 5.75 Å². The largest absolute Gasteiger partial charge is 0.508 e. The van der Waals surface area contributed by atoms with E-state index in [1.165, 1.54) is 11.6 Å². The normalized spacial score (nSPS) is 15.8. The van der Waals surface area contributed by atoms with E-state index in [0.717, 1.165) is 23.2 Å². The molecule has 1 aromatic heterocycles. The van der Waals surface area contributed by atoms with E-state index in [9.17, 15) is 9.90 Å². The van der Waals surface area contributed by atoms with Gasteiger partial charge >= 0.3 is 0 Å². The smallest absolute Gasteiger partial charge is 0.251 e. The van der Waals surface area contributed by atoms with E-state index in [1.54, 1.807) is 19.1 Å². The Morgan fingerprint density at radius 2 is 2.11 bits per heavy atom. The van der Waals surface area contributed by atoms with Crippen LogP contribution >= 0.6 is 0 Å². The third kappa shape index (κ3) is 3.92. The van der Waals surface area contributed by atoms with Crippen LogP contribution in [-0.4, -0.2) is 33.9 Å². The maximum atomic E-state index is 12.4. The summed E-state index contributed by atoms with van der Waals surface area (Å²) in [4.78, 5) is 12.4. The molecule has 0 aliphatic carbocycles. The average molecular weight is 377 g/mol. The fourth-order valence-electron chi connectivity index (χ4n) is 3.38. The van der Waals surface area contributed by atoms with Gasteiger partial charge in [0.05, 0.1) is 18.8 Å². The number of carbonyl (C=O) groups excluding carboxylic acids is 1. The highest BCUT2D eigenvalue weighted by molar-refractivity contribution is 5.94. The number of benzene rings is 2. The first-order valence-corrected chi connectivity index (χ1v) is 9.40. The Kier molecular flexibility index (Phi) is 5.12. The zero-order valence-electron chi connectivity index (χ0n) is 15.8. The fraction of sp³-hybridized carbons (Fsp3) is 0.273. The minimum absolute atomic E-state index is 0.114. The third-order valence-corrected chi connectivity index (χ3v) is 4.97. The second-order valence-electron chi connectivity index (χ2n) is 7.04. The summed E-state index contributed by atoms with van der Waals surface area (Å²) < 4.78 is 7.79. The van der Waals surface area contributed by atoms with Gasteiger partial charge in [-0.25, -0.2) is 0 Å². The van der Waals surface area contributed by atoms with Gasteiger partial charge in [-0.15, -0.1) is 0 Å². The van der Waals surface area contributed by atoms with Crippen molar-refractivity contribution in [3.8, 4) is 5.75 Å². The Bertz CT molecular complexity index is 982. The maximum absolute atomic E-state index is 12.4. The maximum Gasteiger partial charge on any atom is 0.251 e. The summed E-state index contributed by atoms with van der Waals surface area (Å²) in [5.41, 5.74) is 4.39. The van der Waals surface area contributed by atoms with Gasteiger partial charge in [0.25, 0.3) is 5.91 Å². The Morgan fingerprint density at radius 1 is 1.29 bits per heavy atom. The van der Waals surface area contributed by atoms with Crippen molar-refractivity contribution in [2.24, 2.45) is 0 Å². The number of carbonyl (C=O) groups is 1. The molecule has 6 heteroatoms. The number of fused-ring (bicyclic) bond motifs is 1. The van der Waals surface area contributed by atoms with Crippen molar-refractivity contribution in [2.45, 2.75) is 26.0 Å². The van der Waals surface area contributed by atoms with Crippen LogP contribution in [0, 0.1) is 6.92 Å². The minimum Gasteiger partial charge on any atom is -0.508 e. The molecule has 0 bridgehead atoms. The average Bonchev–Trinajstić information content (AvgIpc) is 3.12. The zero-order valence-corrected chi connectivity index (χ0v) is 15.8. The first-order valence-electron chi connectivity index (χ1n) is 9.40. The SMILES string of the molecule is Cc1ccc(C(=O)NC[C@H]2OCCc3cn(Cc4ccccc4)nc32)cc1O. The molecule has 0 spiro atoms. The lowest BCUT2D eigenvalue weighted by Crippen LogP contribution is -2.31. The van der Waals surface area contributed by atoms with Gasteiger partial charge in [-0.1, -0.05) is 36.4 Å². The Morgan fingerprint density at radius 3 is 2.89 bits per heavy atom. The van der Waals surface area contributed by atoms with E-state index in [1.807, 2.05) is 22.9 Å². The van der Waals surface area contributed by atoms with Crippen molar-refractivity contribution in [3.63, 3.8) is 0 Å². The number of rotatable bonds is 5. The molecule has 2 N–H and O–H groups in total. The molecule has 144 valence electrons. The Hall–Kier alpha value is -3.12. The molecule has 1 aliphatic rings. The number of aromatic hydroxyl groups is 1. The monoisotopic (exact) mass is 377 g/mol. The van der Waals surface area contributed by atoms with Crippen molar-refractivity contribution in [3.05, 3.63) is 82.7 Å². The van der Waals surface area contributed by atoms with Crippen molar-refractivity contribution in [1.29, 1.82) is 0 Å². The lowest BCUT2D eigenvalue weighted by Gasteiger charge is -2.22. The second-order valence-corrected chi connectivity index (χ2v) is 7.04. The number of phenols is 1. The number of hydrogen-bond acceptors (Lipinski definition) is 4. The summed E-state index contributed by atoms with van der Waals surface area (Å²) in [6, 6.07) is 15.1. The molecule has 1 aliphatic heterocycles. The first kappa shape index (κ1) is 18.3. The number of nitrogens with zero attached hydrogens (tertiary/aromatic N) is 2. The van der Waals surface area contributed by atoms with Crippen LogP contribution in [0.3, 0.4) is 0 Å². The van der Waals surface area contributed by atoms with Crippen LogP contribution in [-0.2, 0) is 17.7 Å². The van der Waals surface area contributed by atoms with Crippen molar-refractivity contribution in [1.82, 2.24) is 15.1 Å². The zero-order chi connectivity index (χ0) is 19.5. The summed E-state index contributed by atoms with van der Waals surface area (Å²) in [5.74, 6) is -0.127. The van der Waals surface area contributed by atoms with Gasteiger partial charge in [-0.05, 0) is 42.2 Å². The highest BCUT2D eigenvalue weighted by Gasteiger charge is 2.25.